The molecule has 0 aliphatic carbocycles. The second-order valence-electron chi connectivity index (χ2n) is 5.43. The van der Waals surface area contributed by atoms with Gasteiger partial charge in [0.1, 0.15) is 5.82 Å². The van der Waals surface area contributed by atoms with Gasteiger partial charge in [0.2, 0.25) is 0 Å². The molecule has 0 unspecified atom stereocenters. The summed E-state index contributed by atoms with van der Waals surface area (Å²) < 4.78 is 5.26. The topological polar surface area (TPSA) is 74.7 Å². The van der Waals surface area contributed by atoms with Gasteiger partial charge in [-0.2, -0.15) is 0 Å². The lowest BCUT2D eigenvalue weighted by Crippen LogP contribution is -2.47. The van der Waals surface area contributed by atoms with Gasteiger partial charge in [0.05, 0.1) is 11.2 Å². The predicted octanol–water partition coefficient (Wildman–Crippen LogP) is 1.13. The maximum atomic E-state index is 12.6. The maximum Gasteiger partial charge on any atom is 0.257 e. The zero-order valence-electron chi connectivity index (χ0n) is 12.6. The molecule has 1 aliphatic rings. The first kappa shape index (κ1) is 15.7. The van der Waals surface area contributed by atoms with Crippen molar-refractivity contribution in [2.75, 3.05) is 38.7 Å². The summed E-state index contributed by atoms with van der Waals surface area (Å²) in [5, 5.41) is 13.6. The van der Waals surface area contributed by atoms with Crippen molar-refractivity contribution in [3.8, 4) is 0 Å². The number of amides is 1. The highest BCUT2D eigenvalue weighted by molar-refractivity contribution is 5.98. The number of likely N-dealkylation sites (N-methyl/N-ethyl adjacent to an activating group) is 1. The van der Waals surface area contributed by atoms with E-state index in [-0.39, 0.29) is 5.91 Å². The number of anilines is 1. The molecule has 0 saturated carbocycles. The van der Waals surface area contributed by atoms with Crippen molar-refractivity contribution in [2.45, 2.75) is 25.4 Å². The molecule has 1 saturated heterocycles. The molecule has 0 aromatic carbocycles. The van der Waals surface area contributed by atoms with Crippen LogP contribution in [0.4, 0.5) is 5.82 Å². The van der Waals surface area contributed by atoms with Crippen LogP contribution < -0.4 is 5.32 Å². The monoisotopic (exact) mass is 293 g/mol. The molecule has 6 nitrogen and oxygen atoms in total. The lowest BCUT2D eigenvalue weighted by Gasteiger charge is -2.35. The van der Waals surface area contributed by atoms with Crippen molar-refractivity contribution in [1.29, 1.82) is 0 Å². The molecule has 1 aromatic heterocycles. The van der Waals surface area contributed by atoms with Gasteiger partial charge in [-0.05, 0) is 19.1 Å². The SMILES string of the molecule is CCNc1ncccc1C(=O)N(C)CC1(O)CCOCC1. The molecule has 1 aromatic rings. The number of nitrogens with zero attached hydrogens (tertiary/aromatic N) is 2. The van der Waals surface area contributed by atoms with Crippen LogP contribution in [0.5, 0.6) is 0 Å². The fraction of sp³-hybridized carbons (Fsp3) is 0.600. The van der Waals surface area contributed by atoms with E-state index in [0.29, 0.717) is 50.5 Å². The molecule has 6 heteroatoms. The highest BCUT2D eigenvalue weighted by Crippen LogP contribution is 2.22. The number of carbonyl (C=O) groups excluding carboxylic acids is 1. The Kier molecular flexibility index (Phi) is 5.14. The number of aromatic nitrogens is 1. The van der Waals surface area contributed by atoms with E-state index < -0.39 is 5.60 Å². The van der Waals surface area contributed by atoms with Crippen LogP contribution in [0.15, 0.2) is 18.3 Å². The zero-order valence-corrected chi connectivity index (χ0v) is 12.6. The molecule has 21 heavy (non-hydrogen) atoms. The van der Waals surface area contributed by atoms with Crippen molar-refractivity contribution in [3.63, 3.8) is 0 Å². The third kappa shape index (κ3) is 3.92. The first-order valence-electron chi connectivity index (χ1n) is 7.30. The van der Waals surface area contributed by atoms with Crippen LogP contribution in [0.3, 0.4) is 0 Å². The Morgan fingerprint density at radius 2 is 2.24 bits per heavy atom. The van der Waals surface area contributed by atoms with Crippen LogP contribution in [0.25, 0.3) is 0 Å². The third-order valence-electron chi connectivity index (χ3n) is 3.68. The normalized spacial score (nSPS) is 17.3. The Bertz CT molecular complexity index is 487. The Morgan fingerprint density at radius 1 is 1.52 bits per heavy atom. The van der Waals surface area contributed by atoms with Gasteiger partial charge in [-0.25, -0.2) is 4.98 Å². The second-order valence-corrected chi connectivity index (χ2v) is 5.43. The van der Waals surface area contributed by atoms with Crippen LogP contribution in [0.2, 0.25) is 0 Å². The molecular formula is C15H23N3O3. The largest absolute Gasteiger partial charge is 0.388 e. The van der Waals surface area contributed by atoms with Crippen molar-refractivity contribution in [2.24, 2.45) is 0 Å². The van der Waals surface area contributed by atoms with Gasteiger partial charge < -0.3 is 20.1 Å². The number of hydrogen-bond donors (Lipinski definition) is 2. The molecule has 2 heterocycles. The molecule has 2 N–H and O–H groups in total. The van der Waals surface area contributed by atoms with Crippen LogP contribution >= 0.6 is 0 Å². The molecule has 1 aliphatic heterocycles. The molecule has 2 rings (SSSR count). The number of pyridine rings is 1. The summed E-state index contributed by atoms with van der Waals surface area (Å²) in [7, 11) is 1.71. The fourth-order valence-electron chi connectivity index (χ4n) is 2.51. The summed E-state index contributed by atoms with van der Waals surface area (Å²) in [6.45, 7) is 4.03. The Hall–Kier alpha value is -1.66. The number of rotatable bonds is 5. The number of aliphatic hydroxyl groups is 1. The van der Waals surface area contributed by atoms with E-state index in [9.17, 15) is 9.90 Å². The van der Waals surface area contributed by atoms with E-state index >= 15 is 0 Å². The molecule has 0 atom stereocenters. The summed E-state index contributed by atoms with van der Waals surface area (Å²) in [5.74, 6) is 0.440. The molecule has 0 radical (unpaired) electrons. The molecule has 1 amide bonds. The minimum absolute atomic E-state index is 0.140. The van der Waals surface area contributed by atoms with Crippen LogP contribution in [-0.2, 0) is 4.74 Å². The summed E-state index contributed by atoms with van der Waals surface area (Å²) >= 11 is 0. The lowest BCUT2D eigenvalue weighted by molar-refractivity contribution is -0.0734. The van der Waals surface area contributed by atoms with E-state index in [1.807, 2.05) is 6.92 Å². The smallest absolute Gasteiger partial charge is 0.257 e. The van der Waals surface area contributed by atoms with E-state index in [1.54, 1.807) is 30.3 Å². The van der Waals surface area contributed by atoms with Gasteiger partial charge >= 0.3 is 0 Å². The summed E-state index contributed by atoms with van der Waals surface area (Å²) in [5.41, 5.74) is -0.332. The van der Waals surface area contributed by atoms with Gasteiger partial charge in [0.25, 0.3) is 5.91 Å². The highest BCUT2D eigenvalue weighted by atomic mass is 16.5. The van der Waals surface area contributed by atoms with Gasteiger partial charge in [-0.1, -0.05) is 0 Å². The third-order valence-corrected chi connectivity index (χ3v) is 3.68. The van der Waals surface area contributed by atoms with Gasteiger partial charge in [-0.3, -0.25) is 4.79 Å². The first-order chi connectivity index (χ1) is 10.1. The van der Waals surface area contributed by atoms with Crippen LogP contribution in [0.1, 0.15) is 30.1 Å². The lowest BCUT2D eigenvalue weighted by atomic mass is 9.94. The van der Waals surface area contributed by atoms with E-state index in [2.05, 4.69) is 10.3 Å². The van der Waals surface area contributed by atoms with E-state index in [1.165, 1.54) is 0 Å². The fourth-order valence-corrected chi connectivity index (χ4v) is 2.51. The van der Waals surface area contributed by atoms with Crippen molar-refractivity contribution in [3.05, 3.63) is 23.9 Å². The van der Waals surface area contributed by atoms with Crippen molar-refractivity contribution in [1.82, 2.24) is 9.88 Å². The van der Waals surface area contributed by atoms with Gasteiger partial charge in [0, 0.05) is 52.4 Å². The number of carbonyl (C=O) groups is 1. The maximum absolute atomic E-state index is 12.6. The molecule has 0 bridgehead atoms. The van der Waals surface area contributed by atoms with Gasteiger partial charge in [0.15, 0.2) is 0 Å². The van der Waals surface area contributed by atoms with E-state index in [0.717, 1.165) is 0 Å². The van der Waals surface area contributed by atoms with Crippen molar-refractivity contribution >= 4 is 11.7 Å². The quantitative estimate of drug-likeness (QED) is 0.851. The second kappa shape index (κ2) is 6.87. The predicted molar refractivity (Wildman–Crippen MR) is 80.4 cm³/mol. The average Bonchev–Trinajstić information content (AvgIpc) is 2.47. The molecule has 1 fully saturated rings. The Labute approximate surface area is 125 Å². The van der Waals surface area contributed by atoms with Crippen LogP contribution in [-0.4, -0.2) is 59.8 Å². The Balaban J connectivity index is 2.08. The van der Waals surface area contributed by atoms with Gasteiger partial charge in [-0.15, -0.1) is 0 Å². The zero-order chi connectivity index (χ0) is 15.3. The summed E-state index contributed by atoms with van der Waals surface area (Å²) in [6.07, 6.45) is 2.76. The summed E-state index contributed by atoms with van der Waals surface area (Å²) in [4.78, 5) is 18.3. The number of hydrogen-bond acceptors (Lipinski definition) is 5. The standard InChI is InChI=1S/C15H23N3O3/c1-3-16-13-12(5-4-8-17-13)14(19)18(2)11-15(20)6-9-21-10-7-15/h4-5,8,20H,3,6-7,9-11H2,1-2H3,(H,16,17). The number of ether oxygens (including phenoxy) is 1. The minimum Gasteiger partial charge on any atom is -0.388 e. The molecule has 116 valence electrons. The molecular weight excluding hydrogens is 270 g/mol. The van der Waals surface area contributed by atoms with Crippen LogP contribution in [0, 0.1) is 0 Å². The van der Waals surface area contributed by atoms with E-state index in [4.69, 9.17) is 4.74 Å². The number of nitrogens with one attached hydrogen (secondary N) is 1. The highest BCUT2D eigenvalue weighted by Gasteiger charge is 2.33. The molecule has 0 spiro atoms. The average molecular weight is 293 g/mol. The Morgan fingerprint density at radius 3 is 2.90 bits per heavy atom. The minimum atomic E-state index is -0.858. The van der Waals surface area contributed by atoms with Crippen molar-refractivity contribution < 1.29 is 14.6 Å². The first-order valence-corrected chi connectivity index (χ1v) is 7.30. The summed E-state index contributed by atoms with van der Waals surface area (Å²) in [6, 6.07) is 3.49.